The van der Waals surface area contributed by atoms with Crippen LogP contribution in [-0.4, -0.2) is 10.5 Å². The molecule has 3 nitrogen and oxygen atoms in total. The molecular formula is C13H13ClN2O. The third-order valence-electron chi connectivity index (χ3n) is 2.46. The first-order valence-electron chi connectivity index (χ1n) is 5.30. The van der Waals surface area contributed by atoms with E-state index in [0.717, 1.165) is 5.56 Å². The van der Waals surface area contributed by atoms with E-state index in [2.05, 4.69) is 5.32 Å². The van der Waals surface area contributed by atoms with Crippen molar-refractivity contribution in [3.05, 3.63) is 58.9 Å². The largest absolute Gasteiger partial charge is 0.357 e. The van der Waals surface area contributed by atoms with Crippen molar-refractivity contribution in [2.75, 3.05) is 0 Å². The van der Waals surface area contributed by atoms with E-state index in [4.69, 9.17) is 11.6 Å². The lowest BCUT2D eigenvalue weighted by Crippen LogP contribution is -2.22. The van der Waals surface area contributed by atoms with Gasteiger partial charge in [0.15, 0.2) is 0 Å². The van der Waals surface area contributed by atoms with Crippen molar-refractivity contribution in [1.29, 1.82) is 0 Å². The van der Waals surface area contributed by atoms with Crippen molar-refractivity contribution >= 4 is 17.5 Å². The van der Waals surface area contributed by atoms with Gasteiger partial charge in [0.05, 0.1) is 10.6 Å². The summed E-state index contributed by atoms with van der Waals surface area (Å²) in [4.78, 5) is 11.8. The molecule has 2 aromatic rings. The Labute approximate surface area is 105 Å². The lowest BCUT2D eigenvalue weighted by atomic mass is 10.2. The fraction of sp³-hybridized carbons (Fsp3) is 0.154. The monoisotopic (exact) mass is 248 g/mol. The van der Waals surface area contributed by atoms with E-state index in [9.17, 15) is 4.79 Å². The normalized spacial score (nSPS) is 10.2. The molecule has 0 saturated heterocycles. The SMILES string of the molecule is Cn1ccc(CNC(=O)c2ccccc2Cl)c1. The maximum Gasteiger partial charge on any atom is 0.253 e. The average molecular weight is 249 g/mol. The number of carbonyl (C=O) groups is 1. The number of hydrogen-bond donors (Lipinski definition) is 1. The number of hydrogen-bond acceptors (Lipinski definition) is 1. The highest BCUT2D eigenvalue weighted by molar-refractivity contribution is 6.33. The maximum atomic E-state index is 11.8. The summed E-state index contributed by atoms with van der Waals surface area (Å²) in [7, 11) is 1.94. The van der Waals surface area contributed by atoms with Gasteiger partial charge in [0.25, 0.3) is 5.91 Å². The molecule has 1 heterocycles. The summed E-state index contributed by atoms with van der Waals surface area (Å²) in [6.07, 6.45) is 3.91. The standard InChI is InChI=1S/C13H13ClN2O/c1-16-7-6-10(9-16)8-15-13(17)11-4-2-3-5-12(11)14/h2-7,9H,8H2,1H3,(H,15,17). The molecule has 17 heavy (non-hydrogen) atoms. The van der Waals surface area contributed by atoms with Crippen molar-refractivity contribution in [2.24, 2.45) is 7.05 Å². The molecule has 0 unspecified atom stereocenters. The summed E-state index contributed by atoms with van der Waals surface area (Å²) < 4.78 is 1.94. The second-order valence-electron chi connectivity index (χ2n) is 3.85. The first kappa shape index (κ1) is 11.7. The van der Waals surface area contributed by atoms with E-state index in [1.807, 2.05) is 30.1 Å². The minimum Gasteiger partial charge on any atom is -0.357 e. The Morgan fingerprint density at radius 1 is 1.35 bits per heavy atom. The predicted molar refractivity (Wildman–Crippen MR) is 68.0 cm³/mol. The van der Waals surface area contributed by atoms with Crippen LogP contribution in [0.4, 0.5) is 0 Å². The topological polar surface area (TPSA) is 34.0 Å². The Hall–Kier alpha value is -1.74. The van der Waals surface area contributed by atoms with Gasteiger partial charge in [-0.1, -0.05) is 23.7 Å². The van der Waals surface area contributed by atoms with Crippen molar-refractivity contribution in [2.45, 2.75) is 6.54 Å². The number of carbonyl (C=O) groups excluding carboxylic acids is 1. The van der Waals surface area contributed by atoms with E-state index in [1.54, 1.807) is 24.3 Å². The fourth-order valence-electron chi connectivity index (χ4n) is 1.59. The van der Waals surface area contributed by atoms with Crippen LogP contribution in [0.5, 0.6) is 0 Å². The molecule has 88 valence electrons. The second-order valence-corrected chi connectivity index (χ2v) is 4.25. The molecule has 0 saturated carbocycles. The van der Waals surface area contributed by atoms with Crippen LogP contribution in [0.15, 0.2) is 42.7 Å². The molecule has 0 aliphatic rings. The van der Waals surface area contributed by atoms with Crippen LogP contribution in [0.2, 0.25) is 5.02 Å². The van der Waals surface area contributed by atoms with Gasteiger partial charge in [-0.15, -0.1) is 0 Å². The summed E-state index contributed by atoms with van der Waals surface area (Å²) >= 11 is 5.94. The zero-order valence-corrected chi connectivity index (χ0v) is 10.2. The molecule has 0 radical (unpaired) electrons. The van der Waals surface area contributed by atoms with E-state index >= 15 is 0 Å². The Kier molecular flexibility index (Phi) is 3.49. The average Bonchev–Trinajstić information content (AvgIpc) is 2.73. The number of benzene rings is 1. The molecule has 2 rings (SSSR count). The molecular weight excluding hydrogens is 236 g/mol. The number of aryl methyl sites for hydroxylation is 1. The van der Waals surface area contributed by atoms with Crippen molar-refractivity contribution < 1.29 is 4.79 Å². The quantitative estimate of drug-likeness (QED) is 0.890. The number of halogens is 1. The molecule has 1 amide bonds. The van der Waals surface area contributed by atoms with Gasteiger partial charge in [0, 0.05) is 26.0 Å². The van der Waals surface area contributed by atoms with E-state index < -0.39 is 0 Å². The first-order valence-corrected chi connectivity index (χ1v) is 5.68. The van der Waals surface area contributed by atoms with E-state index in [1.165, 1.54) is 0 Å². The number of aromatic nitrogens is 1. The lowest BCUT2D eigenvalue weighted by Gasteiger charge is -2.05. The highest BCUT2D eigenvalue weighted by Crippen LogP contribution is 2.14. The summed E-state index contributed by atoms with van der Waals surface area (Å²) in [5, 5.41) is 3.30. The Bertz CT molecular complexity index is 534. The van der Waals surface area contributed by atoms with Gasteiger partial charge in [-0.05, 0) is 23.8 Å². The van der Waals surface area contributed by atoms with Gasteiger partial charge < -0.3 is 9.88 Å². The number of rotatable bonds is 3. The van der Waals surface area contributed by atoms with E-state index in [0.29, 0.717) is 17.1 Å². The molecule has 4 heteroatoms. The third kappa shape index (κ3) is 2.88. The molecule has 0 atom stereocenters. The van der Waals surface area contributed by atoms with Crippen LogP contribution < -0.4 is 5.32 Å². The minimum atomic E-state index is -0.153. The maximum absolute atomic E-state index is 11.8. The number of nitrogens with zero attached hydrogens (tertiary/aromatic N) is 1. The highest BCUT2D eigenvalue weighted by atomic mass is 35.5. The molecule has 1 aromatic heterocycles. The van der Waals surface area contributed by atoms with Crippen molar-refractivity contribution in [3.8, 4) is 0 Å². The lowest BCUT2D eigenvalue weighted by molar-refractivity contribution is 0.0951. The van der Waals surface area contributed by atoms with Crippen molar-refractivity contribution in [1.82, 2.24) is 9.88 Å². The van der Waals surface area contributed by atoms with Crippen molar-refractivity contribution in [3.63, 3.8) is 0 Å². The van der Waals surface area contributed by atoms with Crippen LogP contribution in [0.25, 0.3) is 0 Å². The predicted octanol–water partition coefficient (Wildman–Crippen LogP) is 2.61. The molecule has 0 aliphatic heterocycles. The van der Waals surface area contributed by atoms with Gasteiger partial charge in [-0.3, -0.25) is 4.79 Å². The molecule has 1 N–H and O–H groups in total. The van der Waals surface area contributed by atoms with Crippen LogP contribution in [0.3, 0.4) is 0 Å². The minimum absolute atomic E-state index is 0.153. The number of amides is 1. The van der Waals surface area contributed by atoms with Gasteiger partial charge >= 0.3 is 0 Å². The van der Waals surface area contributed by atoms with Gasteiger partial charge in [0.2, 0.25) is 0 Å². The van der Waals surface area contributed by atoms with Gasteiger partial charge in [0.1, 0.15) is 0 Å². The van der Waals surface area contributed by atoms with Gasteiger partial charge in [-0.2, -0.15) is 0 Å². The highest BCUT2D eigenvalue weighted by Gasteiger charge is 2.08. The summed E-state index contributed by atoms with van der Waals surface area (Å²) in [5.74, 6) is -0.153. The van der Waals surface area contributed by atoms with Crippen LogP contribution in [-0.2, 0) is 13.6 Å². The van der Waals surface area contributed by atoms with Crippen LogP contribution in [0, 0.1) is 0 Å². The fourth-order valence-corrected chi connectivity index (χ4v) is 1.81. The summed E-state index contributed by atoms with van der Waals surface area (Å²) in [5.41, 5.74) is 1.57. The smallest absolute Gasteiger partial charge is 0.253 e. The van der Waals surface area contributed by atoms with Gasteiger partial charge in [-0.25, -0.2) is 0 Å². The summed E-state index contributed by atoms with van der Waals surface area (Å²) in [6, 6.07) is 8.98. The Balaban J connectivity index is 2.01. The Morgan fingerprint density at radius 2 is 2.12 bits per heavy atom. The van der Waals surface area contributed by atoms with E-state index in [-0.39, 0.29) is 5.91 Å². The first-order chi connectivity index (χ1) is 8.16. The zero-order valence-electron chi connectivity index (χ0n) is 9.48. The zero-order chi connectivity index (χ0) is 12.3. The molecule has 0 fully saturated rings. The van der Waals surface area contributed by atoms with Crippen LogP contribution >= 0.6 is 11.6 Å². The Morgan fingerprint density at radius 3 is 2.76 bits per heavy atom. The third-order valence-corrected chi connectivity index (χ3v) is 2.79. The number of nitrogens with one attached hydrogen (secondary N) is 1. The molecule has 1 aromatic carbocycles. The second kappa shape index (κ2) is 5.06. The summed E-state index contributed by atoms with van der Waals surface area (Å²) in [6.45, 7) is 0.505. The van der Waals surface area contributed by atoms with Crippen LogP contribution in [0.1, 0.15) is 15.9 Å². The molecule has 0 aliphatic carbocycles. The molecule has 0 spiro atoms. The molecule has 0 bridgehead atoms.